The Morgan fingerprint density at radius 3 is 2.12 bits per heavy atom. The van der Waals surface area contributed by atoms with Gasteiger partial charge in [-0.1, -0.05) is 70.2 Å². The second kappa shape index (κ2) is 9.18. The summed E-state index contributed by atoms with van der Waals surface area (Å²) >= 11 is 0. The van der Waals surface area contributed by atoms with Crippen LogP contribution in [0.25, 0.3) is 0 Å². The maximum atomic E-state index is 12.4. The summed E-state index contributed by atoms with van der Waals surface area (Å²) in [5.74, 6) is -1.09. The third-order valence-electron chi connectivity index (χ3n) is 4.55. The van der Waals surface area contributed by atoms with Gasteiger partial charge in [-0.25, -0.2) is 0 Å². The molecule has 138 valence electrons. The van der Waals surface area contributed by atoms with Crippen LogP contribution in [0.3, 0.4) is 0 Å². The average Bonchev–Trinajstić information content (AvgIpc) is 2.66. The summed E-state index contributed by atoms with van der Waals surface area (Å²) in [5, 5.41) is 5.60. The van der Waals surface area contributed by atoms with Crippen molar-refractivity contribution in [2.45, 2.75) is 46.6 Å². The van der Waals surface area contributed by atoms with Crippen molar-refractivity contribution in [2.75, 3.05) is 5.32 Å². The summed E-state index contributed by atoms with van der Waals surface area (Å²) in [5.41, 5.74) is 3.94. The zero-order valence-corrected chi connectivity index (χ0v) is 16.0. The maximum Gasteiger partial charge on any atom is 0.313 e. The third kappa shape index (κ3) is 4.94. The number of carbonyl (C=O) groups is 2. The van der Waals surface area contributed by atoms with E-state index in [1.165, 1.54) is 5.56 Å². The van der Waals surface area contributed by atoms with Crippen LogP contribution in [-0.4, -0.2) is 11.8 Å². The van der Waals surface area contributed by atoms with Crippen molar-refractivity contribution < 1.29 is 9.59 Å². The van der Waals surface area contributed by atoms with E-state index < -0.39 is 11.8 Å². The van der Waals surface area contributed by atoms with Gasteiger partial charge in [-0.3, -0.25) is 9.59 Å². The molecule has 0 saturated carbocycles. The molecule has 26 heavy (non-hydrogen) atoms. The Morgan fingerprint density at radius 1 is 0.885 bits per heavy atom. The van der Waals surface area contributed by atoms with Crippen LogP contribution in [0.1, 0.15) is 50.4 Å². The van der Waals surface area contributed by atoms with E-state index in [-0.39, 0.29) is 12.0 Å². The number of hydrogen-bond acceptors (Lipinski definition) is 2. The minimum atomic E-state index is -0.637. The average molecular weight is 352 g/mol. The zero-order valence-electron chi connectivity index (χ0n) is 16.0. The standard InChI is InChI=1S/C22H28N2O2/c1-5-16-11-13-18(14-12-16)20(15(3)4)24-22(26)21(25)23-19-10-8-7-9-17(19)6-2/h7-15,20H,5-6H2,1-4H3,(H,23,25)(H,24,26). The highest BCUT2D eigenvalue weighted by atomic mass is 16.2. The molecule has 4 nitrogen and oxygen atoms in total. The van der Waals surface area contributed by atoms with Crippen molar-refractivity contribution in [3.8, 4) is 0 Å². The summed E-state index contributed by atoms with van der Waals surface area (Å²) in [6.45, 7) is 8.18. The highest BCUT2D eigenvalue weighted by Crippen LogP contribution is 2.22. The van der Waals surface area contributed by atoms with E-state index in [2.05, 4.69) is 29.7 Å². The highest BCUT2D eigenvalue weighted by Gasteiger charge is 2.23. The highest BCUT2D eigenvalue weighted by molar-refractivity contribution is 6.39. The minimum Gasteiger partial charge on any atom is -0.341 e. The molecule has 0 radical (unpaired) electrons. The number of rotatable bonds is 6. The number of hydrogen-bond donors (Lipinski definition) is 2. The number of nitrogens with one attached hydrogen (secondary N) is 2. The topological polar surface area (TPSA) is 58.2 Å². The van der Waals surface area contributed by atoms with Gasteiger partial charge in [-0.05, 0) is 41.5 Å². The molecule has 0 fully saturated rings. The fourth-order valence-corrected chi connectivity index (χ4v) is 2.93. The first kappa shape index (κ1) is 19.7. The van der Waals surface area contributed by atoms with Gasteiger partial charge < -0.3 is 10.6 Å². The predicted octanol–water partition coefficient (Wildman–Crippen LogP) is 4.26. The van der Waals surface area contributed by atoms with Gasteiger partial charge in [0, 0.05) is 5.69 Å². The lowest BCUT2D eigenvalue weighted by atomic mass is 9.95. The first-order valence-corrected chi connectivity index (χ1v) is 9.24. The summed E-state index contributed by atoms with van der Waals surface area (Å²) in [6, 6.07) is 15.5. The predicted molar refractivity (Wildman–Crippen MR) is 106 cm³/mol. The molecule has 0 aromatic heterocycles. The fraction of sp³-hybridized carbons (Fsp3) is 0.364. The first-order valence-electron chi connectivity index (χ1n) is 9.24. The summed E-state index contributed by atoms with van der Waals surface area (Å²) in [7, 11) is 0. The van der Waals surface area contributed by atoms with Crippen LogP contribution in [0.2, 0.25) is 0 Å². The largest absolute Gasteiger partial charge is 0.341 e. The Bertz CT molecular complexity index is 751. The number of anilines is 1. The van der Waals surface area contributed by atoms with Crippen LogP contribution in [0, 0.1) is 5.92 Å². The lowest BCUT2D eigenvalue weighted by Gasteiger charge is -2.23. The monoisotopic (exact) mass is 352 g/mol. The Balaban J connectivity index is 2.10. The van der Waals surface area contributed by atoms with E-state index in [0.717, 1.165) is 24.0 Å². The van der Waals surface area contributed by atoms with Crippen LogP contribution < -0.4 is 10.6 Å². The van der Waals surface area contributed by atoms with Gasteiger partial charge in [0.25, 0.3) is 0 Å². The molecular weight excluding hydrogens is 324 g/mol. The molecule has 2 aromatic rings. The lowest BCUT2D eigenvalue weighted by Crippen LogP contribution is -2.39. The SMILES string of the molecule is CCc1ccc(C(NC(=O)C(=O)Nc2ccccc2CC)C(C)C)cc1. The summed E-state index contributed by atoms with van der Waals surface area (Å²) in [4.78, 5) is 24.8. The number of aryl methyl sites for hydroxylation is 2. The summed E-state index contributed by atoms with van der Waals surface area (Å²) < 4.78 is 0. The molecule has 4 heteroatoms. The lowest BCUT2D eigenvalue weighted by molar-refractivity contribution is -0.136. The Morgan fingerprint density at radius 2 is 1.54 bits per heavy atom. The molecule has 0 spiro atoms. The number of benzene rings is 2. The molecule has 2 N–H and O–H groups in total. The zero-order chi connectivity index (χ0) is 19.1. The molecule has 2 aromatic carbocycles. The van der Waals surface area contributed by atoms with Crippen molar-refractivity contribution in [3.63, 3.8) is 0 Å². The first-order chi connectivity index (χ1) is 12.5. The minimum absolute atomic E-state index is 0.169. The second-order valence-electron chi connectivity index (χ2n) is 6.76. The maximum absolute atomic E-state index is 12.4. The third-order valence-corrected chi connectivity index (χ3v) is 4.55. The molecule has 0 bridgehead atoms. The molecule has 2 amide bonds. The Kier molecular flexibility index (Phi) is 6.96. The van der Waals surface area contributed by atoms with Crippen molar-refractivity contribution in [1.29, 1.82) is 0 Å². The molecule has 2 rings (SSSR count). The van der Waals surface area contributed by atoms with Crippen LogP contribution in [-0.2, 0) is 22.4 Å². The molecule has 0 heterocycles. The van der Waals surface area contributed by atoms with Crippen LogP contribution in [0.15, 0.2) is 48.5 Å². The molecule has 1 atom stereocenters. The number of para-hydroxylation sites is 1. The molecule has 1 unspecified atom stereocenters. The quantitative estimate of drug-likeness (QED) is 0.763. The van der Waals surface area contributed by atoms with Crippen molar-refractivity contribution in [3.05, 3.63) is 65.2 Å². The van der Waals surface area contributed by atoms with Crippen LogP contribution in [0.4, 0.5) is 5.69 Å². The smallest absolute Gasteiger partial charge is 0.313 e. The van der Waals surface area contributed by atoms with Gasteiger partial charge in [0.1, 0.15) is 0 Å². The summed E-state index contributed by atoms with van der Waals surface area (Å²) in [6.07, 6.45) is 1.76. The molecular formula is C22H28N2O2. The van der Waals surface area contributed by atoms with E-state index in [4.69, 9.17) is 0 Å². The van der Waals surface area contributed by atoms with Gasteiger partial charge >= 0.3 is 11.8 Å². The normalized spacial score (nSPS) is 11.9. The second-order valence-corrected chi connectivity index (χ2v) is 6.76. The van der Waals surface area contributed by atoms with Crippen molar-refractivity contribution >= 4 is 17.5 Å². The van der Waals surface area contributed by atoms with Crippen LogP contribution >= 0.6 is 0 Å². The molecule has 0 saturated heterocycles. The number of amides is 2. The molecule has 0 aliphatic rings. The number of carbonyl (C=O) groups excluding carboxylic acids is 2. The molecule has 0 aliphatic heterocycles. The van der Waals surface area contributed by atoms with Gasteiger partial charge in [0.15, 0.2) is 0 Å². The van der Waals surface area contributed by atoms with E-state index in [9.17, 15) is 9.59 Å². The van der Waals surface area contributed by atoms with Gasteiger partial charge in [0.05, 0.1) is 6.04 Å². The van der Waals surface area contributed by atoms with E-state index in [0.29, 0.717) is 5.69 Å². The van der Waals surface area contributed by atoms with Gasteiger partial charge in [-0.2, -0.15) is 0 Å². The van der Waals surface area contributed by atoms with E-state index >= 15 is 0 Å². The van der Waals surface area contributed by atoms with Gasteiger partial charge in [0.2, 0.25) is 0 Å². The van der Waals surface area contributed by atoms with Crippen LogP contribution in [0.5, 0.6) is 0 Å². The van der Waals surface area contributed by atoms with Crippen molar-refractivity contribution in [1.82, 2.24) is 5.32 Å². The Labute approximate surface area is 156 Å². The fourth-order valence-electron chi connectivity index (χ4n) is 2.93. The molecule has 0 aliphatic carbocycles. The Hall–Kier alpha value is -2.62. The van der Waals surface area contributed by atoms with Crippen molar-refractivity contribution in [2.24, 2.45) is 5.92 Å². The van der Waals surface area contributed by atoms with E-state index in [1.807, 2.05) is 57.2 Å². The van der Waals surface area contributed by atoms with E-state index in [1.54, 1.807) is 0 Å². The van der Waals surface area contributed by atoms with Gasteiger partial charge in [-0.15, -0.1) is 0 Å².